The van der Waals surface area contributed by atoms with Crippen LogP contribution in [0.4, 0.5) is 5.69 Å². The second-order valence-electron chi connectivity index (χ2n) is 7.72. The van der Waals surface area contributed by atoms with Gasteiger partial charge in [-0.2, -0.15) is 0 Å². The summed E-state index contributed by atoms with van der Waals surface area (Å²) in [5.74, 6) is 1.98. The molecule has 4 rings (SSSR count). The number of anilines is 1. The summed E-state index contributed by atoms with van der Waals surface area (Å²) in [7, 11) is 0. The molecule has 0 saturated heterocycles. The van der Waals surface area contributed by atoms with Gasteiger partial charge in [0.2, 0.25) is 5.91 Å². The van der Waals surface area contributed by atoms with Gasteiger partial charge < -0.3 is 9.73 Å². The standard InChI is InChI=1S/C25H25ClN4O2S/c1-3-17(2)18-10-12-19(13-11-18)27-23(31)16-33-25-29-28-24(21-8-4-5-9-22(21)26)30(25)15-20-7-6-14-32-20/h4-14,17H,3,15-16H2,1-2H3,(H,27,31)/t17-/m0/s1. The highest BCUT2D eigenvalue weighted by Gasteiger charge is 2.18. The van der Waals surface area contributed by atoms with Gasteiger partial charge in [-0.25, -0.2) is 0 Å². The minimum Gasteiger partial charge on any atom is -0.467 e. The molecule has 0 aliphatic carbocycles. The van der Waals surface area contributed by atoms with Crippen molar-refractivity contribution in [1.82, 2.24) is 14.8 Å². The topological polar surface area (TPSA) is 73.0 Å². The quantitative estimate of drug-likeness (QED) is 0.277. The third-order valence-electron chi connectivity index (χ3n) is 5.43. The molecule has 2 aromatic heterocycles. The normalized spacial score (nSPS) is 12.0. The smallest absolute Gasteiger partial charge is 0.234 e. The van der Waals surface area contributed by atoms with Gasteiger partial charge in [-0.3, -0.25) is 9.36 Å². The Kier molecular flexibility index (Phi) is 7.52. The Morgan fingerprint density at radius 1 is 1.12 bits per heavy atom. The Hall–Kier alpha value is -3.03. The molecule has 0 aliphatic heterocycles. The molecule has 0 unspecified atom stereocenters. The minimum absolute atomic E-state index is 0.108. The number of aromatic nitrogens is 3. The molecule has 33 heavy (non-hydrogen) atoms. The molecule has 170 valence electrons. The van der Waals surface area contributed by atoms with Crippen LogP contribution in [0.3, 0.4) is 0 Å². The van der Waals surface area contributed by atoms with E-state index in [2.05, 4.69) is 41.5 Å². The highest BCUT2D eigenvalue weighted by Crippen LogP contribution is 2.30. The Balaban J connectivity index is 1.48. The number of nitrogens with one attached hydrogen (secondary N) is 1. The van der Waals surface area contributed by atoms with E-state index in [9.17, 15) is 4.79 Å². The van der Waals surface area contributed by atoms with E-state index in [0.717, 1.165) is 23.4 Å². The van der Waals surface area contributed by atoms with Crippen molar-refractivity contribution >= 4 is 35.0 Å². The van der Waals surface area contributed by atoms with E-state index in [0.29, 0.717) is 28.5 Å². The monoisotopic (exact) mass is 480 g/mol. The summed E-state index contributed by atoms with van der Waals surface area (Å²) in [5, 5.41) is 12.8. The Morgan fingerprint density at radius 2 is 1.91 bits per heavy atom. The van der Waals surface area contributed by atoms with Crippen molar-refractivity contribution in [3.05, 3.63) is 83.3 Å². The number of carbonyl (C=O) groups is 1. The van der Waals surface area contributed by atoms with E-state index < -0.39 is 0 Å². The van der Waals surface area contributed by atoms with Crippen molar-refractivity contribution in [3.63, 3.8) is 0 Å². The van der Waals surface area contributed by atoms with Crippen LogP contribution in [0.1, 0.15) is 37.5 Å². The Morgan fingerprint density at radius 3 is 2.61 bits per heavy atom. The number of thioether (sulfide) groups is 1. The van der Waals surface area contributed by atoms with Gasteiger partial charge >= 0.3 is 0 Å². The van der Waals surface area contributed by atoms with Crippen molar-refractivity contribution in [3.8, 4) is 11.4 Å². The van der Waals surface area contributed by atoms with Gasteiger partial charge in [-0.1, -0.05) is 61.5 Å². The second kappa shape index (κ2) is 10.7. The Labute approximate surface area is 202 Å². The third-order valence-corrected chi connectivity index (χ3v) is 6.73. The first-order valence-electron chi connectivity index (χ1n) is 10.8. The molecular formula is C25H25ClN4O2S. The minimum atomic E-state index is -0.108. The molecule has 8 heteroatoms. The first-order chi connectivity index (χ1) is 16.0. The average Bonchev–Trinajstić information content (AvgIpc) is 3.48. The first-order valence-corrected chi connectivity index (χ1v) is 12.1. The van der Waals surface area contributed by atoms with Gasteiger partial charge in [-0.15, -0.1) is 10.2 Å². The predicted molar refractivity (Wildman–Crippen MR) is 133 cm³/mol. The maximum absolute atomic E-state index is 12.6. The number of hydrogen-bond acceptors (Lipinski definition) is 5. The largest absolute Gasteiger partial charge is 0.467 e. The molecule has 0 fully saturated rings. The van der Waals surface area contributed by atoms with Crippen LogP contribution in [0.2, 0.25) is 5.02 Å². The van der Waals surface area contributed by atoms with Gasteiger partial charge in [0, 0.05) is 11.3 Å². The van der Waals surface area contributed by atoms with Crippen LogP contribution in [0, 0.1) is 0 Å². The van der Waals surface area contributed by atoms with Gasteiger partial charge in [-0.05, 0) is 54.3 Å². The summed E-state index contributed by atoms with van der Waals surface area (Å²) in [6.45, 7) is 4.79. The summed E-state index contributed by atoms with van der Waals surface area (Å²) in [5.41, 5.74) is 2.82. The van der Waals surface area contributed by atoms with Gasteiger partial charge in [0.15, 0.2) is 11.0 Å². The first kappa shape index (κ1) is 23.1. The molecule has 0 spiro atoms. The molecule has 2 heterocycles. The fourth-order valence-corrected chi connectivity index (χ4v) is 4.35. The lowest BCUT2D eigenvalue weighted by Gasteiger charge is -2.11. The molecule has 6 nitrogen and oxygen atoms in total. The van der Waals surface area contributed by atoms with Crippen LogP contribution < -0.4 is 5.32 Å². The summed E-state index contributed by atoms with van der Waals surface area (Å²) in [6.07, 6.45) is 2.71. The number of carbonyl (C=O) groups excluding carboxylic acids is 1. The molecule has 0 radical (unpaired) electrons. The lowest BCUT2D eigenvalue weighted by Crippen LogP contribution is -2.15. The van der Waals surface area contributed by atoms with E-state index in [4.69, 9.17) is 16.0 Å². The molecule has 0 bridgehead atoms. The van der Waals surface area contributed by atoms with Crippen LogP contribution in [-0.2, 0) is 11.3 Å². The van der Waals surface area contributed by atoms with Gasteiger partial charge in [0.05, 0.1) is 23.6 Å². The van der Waals surface area contributed by atoms with Crippen LogP contribution in [-0.4, -0.2) is 26.4 Å². The molecular weight excluding hydrogens is 456 g/mol. The number of hydrogen-bond donors (Lipinski definition) is 1. The van der Waals surface area contributed by atoms with E-state index in [1.165, 1.54) is 17.3 Å². The van der Waals surface area contributed by atoms with E-state index in [-0.39, 0.29) is 11.7 Å². The molecule has 1 amide bonds. The summed E-state index contributed by atoms with van der Waals surface area (Å²) >= 11 is 7.73. The van der Waals surface area contributed by atoms with E-state index >= 15 is 0 Å². The third kappa shape index (κ3) is 5.67. The summed E-state index contributed by atoms with van der Waals surface area (Å²) in [4.78, 5) is 12.6. The van der Waals surface area contributed by atoms with Crippen LogP contribution in [0.25, 0.3) is 11.4 Å². The molecule has 1 atom stereocenters. The highest BCUT2D eigenvalue weighted by atomic mass is 35.5. The lowest BCUT2D eigenvalue weighted by molar-refractivity contribution is -0.113. The van der Waals surface area contributed by atoms with Gasteiger partial charge in [0.25, 0.3) is 0 Å². The van der Waals surface area contributed by atoms with Crippen LogP contribution in [0.15, 0.2) is 76.5 Å². The van der Waals surface area contributed by atoms with Crippen molar-refractivity contribution in [2.24, 2.45) is 0 Å². The number of halogens is 1. The van der Waals surface area contributed by atoms with Crippen molar-refractivity contribution in [2.75, 3.05) is 11.1 Å². The van der Waals surface area contributed by atoms with Crippen molar-refractivity contribution in [2.45, 2.75) is 37.9 Å². The molecule has 0 aliphatic rings. The van der Waals surface area contributed by atoms with Crippen molar-refractivity contribution < 1.29 is 9.21 Å². The number of nitrogens with zero attached hydrogens (tertiary/aromatic N) is 3. The zero-order chi connectivity index (χ0) is 23.2. The number of amides is 1. The molecule has 2 aromatic carbocycles. The summed E-state index contributed by atoms with van der Waals surface area (Å²) in [6, 6.07) is 19.2. The maximum atomic E-state index is 12.6. The maximum Gasteiger partial charge on any atom is 0.234 e. The van der Waals surface area contributed by atoms with Crippen LogP contribution >= 0.6 is 23.4 Å². The molecule has 1 N–H and O–H groups in total. The fraction of sp³-hybridized carbons (Fsp3) is 0.240. The predicted octanol–water partition coefficient (Wildman–Crippen LogP) is 6.48. The fourth-order valence-electron chi connectivity index (χ4n) is 3.40. The molecule has 0 saturated carbocycles. The van der Waals surface area contributed by atoms with E-state index in [1.807, 2.05) is 53.1 Å². The average molecular weight is 481 g/mol. The number of rotatable bonds is 9. The molecule has 4 aromatic rings. The zero-order valence-electron chi connectivity index (χ0n) is 18.5. The number of benzene rings is 2. The second-order valence-corrected chi connectivity index (χ2v) is 9.07. The van der Waals surface area contributed by atoms with Crippen LogP contribution in [0.5, 0.6) is 0 Å². The van der Waals surface area contributed by atoms with Crippen molar-refractivity contribution in [1.29, 1.82) is 0 Å². The number of furan rings is 1. The Bertz CT molecular complexity index is 1210. The zero-order valence-corrected chi connectivity index (χ0v) is 20.1. The van der Waals surface area contributed by atoms with E-state index in [1.54, 1.807) is 6.26 Å². The highest BCUT2D eigenvalue weighted by molar-refractivity contribution is 7.99. The SMILES string of the molecule is CC[C@H](C)c1ccc(NC(=O)CSc2nnc(-c3ccccc3Cl)n2Cc2ccco2)cc1. The lowest BCUT2D eigenvalue weighted by atomic mass is 9.99. The summed E-state index contributed by atoms with van der Waals surface area (Å²) < 4.78 is 7.44. The van der Waals surface area contributed by atoms with Gasteiger partial charge in [0.1, 0.15) is 5.76 Å².